The molecule has 1 aliphatic rings. The number of hydrogen-bond acceptors (Lipinski definition) is 14. The van der Waals surface area contributed by atoms with Gasteiger partial charge in [-0.3, -0.25) is 9.09 Å². The Morgan fingerprint density at radius 1 is 0.820 bits per heavy atom. The van der Waals surface area contributed by atoms with Crippen molar-refractivity contribution in [3.8, 4) is 0 Å². The van der Waals surface area contributed by atoms with Crippen molar-refractivity contribution in [3.63, 3.8) is 0 Å². The van der Waals surface area contributed by atoms with Crippen LogP contribution < -0.4 is 11.4 Å². The lowest BCUT2D eigenvalue weighted by Crippen LogP contribution is -2.29. The number of aliphatic hydroxyl groups excluding tert-OH is 1. The molecule has 0 spiro atoms. The van der Waals surface area contributed by atoms with Crippen LogP contribution in [-0.2, 0) is 31.6 Å². The molecular formula is C27H60FN6O13P3. The Balaban J connectivity index is 0. The van der Waals surface area contributed by atoms with Crippen LogP contribution in [0.2, 0.25) is 0 Å². The van der Waals surface area contributed by atoms with Crippen molar-refractivity contribution in [1.82, 2.24) is 24.3 Å². The van der Waals surface area contributed by atoms with E-state index in [1.807, 2.05) is 0 Å². The molecule has 5 atom stereocenters. The number of aliphatic hydroxyl groups is 1. The second-order valence-electron chi connectivity index (χ2n) is 10.3. The summed E-state index contributed by atoms with van der Waals surface area (Å²) in [6, 6.07) is 0. The molecule has 19 nitrogen and oxygen atoms in total. The molecule has 1 aromatic heterocycles. The van der Waals surface area contributed by atoms with Crippen molar-refractivity contribution < 1.29 is 60.6 Å². The summed E-state index contributed by atoms with van der Waals surface area (Å²) in [5.74, 6) is -1.70. The number of nitrogens with two attached hydrogens (primary N) is 1. The van der Waals surface area contributed by atoms with E-state index in [1.165, 1.54) is 58.9 Å². The number of hydrogen-bond donors (Lipinski definition) is 6. The normalized spacial score (nSPS) is 19.8. The average Bonchev–Trinajstić information content (AvgIpc) is 3.39. The van der Waals surface area contributed by atoms with Crippen LogP contribution in [-0.4, -0.2) is 127 Å². The lowest BCUT2D eigenvalue weighted by molar-refractivity contribution is -0.0452. The molecule has 1 fully saturated rings. The first-order valence-corrected chi connectivity index (χ1v) is 21.0. The molecule has 1 saturated heterocycles. The summed E-state index contributed by atoms with van der Waals surface area (Å²) in [5.41, 5.74) is 4.14. The molecule has 0 saturated carbocycles. The number of phosphoric acid groups is 3. The number of anilines is 1. The van der Waals surface area contributed by atoms with E-state index in [9.17, 15) is 32.9 Å². The summed E-state index contributed by atoms with van der Waals surface area (Å²) in [4.78, 5) is 57.3. The van der Waals surface area contributed by atoms with Crippen LogP contribution >= 0.6 is 23.5 Å². The number of ether oxygens (including phenoxy) is 1. The van der Waals surface area contributed by atoms with Gasteiger partial charge in [-0.2, -0.15) is 13.6 Å². The van der Waals surface area contributed by atoms with Crippen LogP contribution in [0.4, 0.5) is 10.2 Å². The van der Waals surface area contributed by atoms with Crippen LogP contribution in [0.3, 0.4) is 0 Å². The first kappa shape index (κ1) is 50.9. The molecule has 2 unspecified atom stereocenters. The molecule has 2 rings (SSSR count). The molecular weight excluding hydrogens is 728 g/mol. The zero-order valence-electron chi connectivity index (χ0n) is 30.6. The van der Waals surface area contributed by atoms with Gasteiger partial charge in [0.25, 0.3) is 0 Å². The van der Waals surface area contributed by atoms with E-state index in [1.54, 1.807) is 0 Å². The average molecular weight is 789 g/mol. The second-order valence-corrected chi connectivity index (χ2v) is 14.8. The number of nitrogen functional groups attached to an aromatic ring is 1. The third-order valence-electron chi connectivity index (χ3n) is 7.29. The van der Waals surface area contributed by atoms with E-state index < -0.39 is 65.8 Å². The Morgan fingerprint density at radius 2 is 1.22 bits per heavy atom. The van der Waals surface area contributed by atoms with E-state index in [0.29, 0.717) is 10.8 Å². The van der Waals surface area contributed by atoms with Gasteiger partial charge in [-0.05, 0) is 58.9 Å². The van der Waals surface area contributed by atoms with Gasteiger partial charge in [-0.25, -0.2) is 22.9 Å². The molecule has 298 valence electrons. The number of aromatic nitrogens is 2. The first-order chi connectivity index (χ1) is 23.1. The first-order valence-electron chi connectivity index (χ1n) is 16.5. The maximum atomic E-state index is 13.5. The lowest BCUT2D eigenvalue weighted by Gasteiger charge is -2.19. The predicted octanol–water partition coefficient (Wildman–Crippen LogP) is 3.00. The SMILES string of the molecule is CCN(CC)CC.CCN(CC)CC.CCN(CC)CC.Nc1nc(=O)n([C@H]2C[C@H](O)[C@@H](COP(=O)(O)OP(=O)(O)OP(=O)(O)O)O2)cc1F. The summed E-state index contributed by atoms with van der Waals surface area (Å²) in [6.07, 6.45) is -3.67. The fraction of sp³-hybridized carbons (Fsp3) is 0.852. The van der Waals surface area contributed by atoms with Gasteiger partial charge in [0.2, 0.25) is 0 Å². The molecule has 0 bridgehead atoms. The van der Waals surface area contributed by atoms with Crippen LogP contribution in [0.5, 0.6) is 0 Å². The summed E-state index contributed by atoms with van der Waals surface area (Å²) < 4.78 is 64.1. The van der Waals surface area contributed by atoms with Crippen molar-refractivity contribution in [2.75, 3.05) is 71.2 Å². The highest BCUT2D eigenvalue weighted by atomic mass is 31.3. The van der Waals surface area contributed by atoms with Gasteiger partial charge in [0.1, 0.15) is 12.3 Å². The Bertz CT molecular complexity index is 1220. The van der Waals surface area contributed by atoms with Gasteiger partial charge in [-0.15, -0.1) is 0 Å². The maximum absolute atomic E-state index is 13.5. The van der Waals surface area contributed by atoms with Crippen molar-refractivity contribution in [3.05, 3.63) is 22.5 Å². The van der Waals surface area contributed by atoms with Crippen molar-refractivity contribution >= 4 is 29.3 Å². The van der Waals surface area contributed by atoms with Crippen LogP contribution in [0.15, 0.2) is 11.0 Å². The van der Waals surface area contributed by atoms with Crippen molar-refractivity contribution in [2.45, 2.75) is 87.2 Å². The van der Waals surface area contributed by atoms with Crippen LogP contribution in [0.25, 0.3) is 0 Å². The Kier molecular flexibility index (Phi) is 26.2. The minimum atomic E-state index is -5.70. The fourth-order valence-corrected chi connectivity index (χ4v) is 7.21. The molecule has 1 aromatic rings. The van der Waals surface area contributed by atoms with E-state index in [-0.39, 0.29) is 6.42 Å². The lowest BCUT2D eigenvalue weighted by atomic mass is 10.2. The van der Waals surface area contributed by atoms with E-state index >= 15 is 0 Å². The zero-order valence-corrected chi connectivity index (χ0v) is 33.3. The van der Waals surface area contributed by atoms with Gasteiger partial charge in [0, 0.05) is 6.42 Å². The number of nitrogens with zero attached hydrogens (tertiary/aromatic N) is 5. The molecule has 2 heterocycles. The number of phosphoric ester groups is 1. The fourth-order valence-electron chi connectivity index (χ4n) is 4.18. The standard InChI is InChI=1S/C9H15FN3O13P3.3C6H15N/c10-4-2-13(9(15)12-8(4)11)7-1-5(14)6(24-7)3-23-28(19,20)26-29(21,22)25-27(16,17)18;3*1-4-7(5-2)6-3/h2,5-7,14H,1,3H2,(H,19,20)(H,21,22)(H2,11,12,15)(H2,16,17,18);3*4-6H2,1-3H3/t5-,6+,7+;;;/m0.../s1. The number of halogens is 1. The molecule has 0 aromatic carbocycles. The highest BCUT2D eigenvalue weighted by molar-refractivity contribution is 7.66. The van der Waals surface area contributed by atoms with Gasteiger partial charge < -0.3 is 49.9 Å². The molecule has 0 amide bonds. The van der Waals surface area contributed by atoms with Gasteiger partial charge in [0.15, 0.2) is 11.6 Å². The van der Waals surface area contributed by atoms with Crippen LogP contribution in [0.1, 0.15) is 75.0 Å². The van der Waals surface area contributed by atoms with E-state index in [2.05, 4.69) is 95.1 Å². The number of rotatable bonds is 17. The summed E-state index contributed by atoms with van der Waals surface area (Å²) in [6.45, 7) is 29.4. The quantitative estimate of drug-likeness (QED) is 0.124. The van der Waals surface area contributed by atoms with Gasteiger partial charge >= 0.3 is 29.2 Å². The van der Waals surface area contributed by atoms with E-state index in [0.717, 1.165) is 0 Å². The predicted molar refractivity (Wildman–Crippen MR) is 188 cm³/mol. The molecule has 50 heavy (non-hydrogen) atoms. The molecule has 23 heteroatoms. The third kappa shape index (κ3) is 22.0. The third-order valence-corrected chi connectivity index (χ3v) is 11.1. The highest BCUT2D eigenvalue weighted by Gasteiger charge is 2.43. The van der Waals surface area contributed by atoms with Gasteiger partial charge in [0.05, 0.1) is 18.9 Å². The Hall–Kier alpha value is -1.18. The van der Waals surface area contributed by atoms with E-state index in [4.69, 9.17) is 25.2 Å². The minimum absolute atomic E-state index is 0.296. The summed E-state index contributed by atoms with van der Waals surface area (Å²) in [7, 11) is -16.7. The zero-order chi connectivity index (χ0) is 39.3. The monoisotopic (exact) mass is 788 g/mol. The summed E-state index contributed by atoms with van der Waals surface area (Å²) >= 11 is 0. The molecule has 0 aliphatic carbocycles. The smallest absolute Gasteiger partial charge is 0.390 e. The molecule has 7 N–H and O–H groups in total. The maximum Gasteiger partial charge on any atom is 0.490 e. The van der Waals surface area contributed by atoms with Crippen LogP contribution in [0, 0.1) is 5.82 Å². The topological polar surface area (TPSA) is 260 Å². The molecule has 0 radical (unpaired) electrons. The minimum Gasteiger partial charge on any atom is -0.390 e. The Labute approximate surface area is 295 Å². The summed E-state index contributed by atoms with van der Waals surface area (Å²) in [5, 5.41) is 9.91. The van der Waals surface area contributed by atoms with Gasteiger partial charge in [-0.1, -0.05) is 62.3 Å². The second kappa shape index (κ2) is 25.7. The largest absolute Gasteiger partial charge is 0.490 e. The highest BCUT2D eigenvalue weighted by Crippen LogP contribution is 2.66. The van der Waals surface area contributed by atoms with Crippen molar-refractivity contribution in [1.29, 1.82) is 0 Å². The molecule has 1 aliphatic heterocycles. The van der Waals surface area contributed by atoms with Crippen molar-refractivity contribution in [2.24, 2.45) is 0 Å². The Morgan fingerprint density at radius 3 is 1.56 bits per heavy atom.